The lowest BCUT2D eigenvalue weighted by atomic mass is 9.86. The summed E-state index contributed by atoms with van der Waals surface area (Å²) in [4.78, 5) is 48.5. The zero-order valence-corrected chi connectivity index (χ0v) is 34.1. The van der Waals surface area contributed by atoms with Crippen LogP contribution in [-0.4, -0.2) is 103 Å². The topological polar surface area (TPSA) is 231 Å². The van der Waals surface area contributed by atoms with E-state index in [1.54, 1.807) is 0 Å². The monoisotopic (exact) mass is 845 g/mol. The van der Waals surface area contributed by atoms with Crippen molar-refractivity contribution in [1.82, 2.24) is 40.5 Å². The Labute approximate surface area is 334 Å². The number of carbonyl (C=O) groups is 2. The summed E-state index contributed by atoms with van der Waals surface area (Å²) < 4.78 is 63.9. The van der Waals surface area contributed by atoms with Crippen molar-refractivity contribution in [3.05, 3.63) is 64.3 Å². The number of hydrogen-bond donors (Lipinski definition) is 5. The normalized spacial score (nSPS) is 16.6. The van der Waals surface area contributed by atoms with E-state index in [2.05, 4.69) is 45.9 Å². The van der Waals surface area contributed by atoms with E-state index >= 15 is 0 Å². The summed E-state index contributed by atoms with van der Waals surface area (Å²) in [5.41, 5.74) is 5.80. The number of aromatic nitrogens is 6. The zero-order chi connectivity index (χ0) is 40.9. The van der Waals surface area contributed by atoms with Crippen LogP contribution in [0.2, 0.25) is 5.15 Å². The van der Waals surface area contributed by atoms with Crippen molar-refractivity contribution in [2.45, 2.75) is 51.4 Å². The third kappa shape index (κ3) is 10.6. The zero-order valence-electron chi connectivity index (χ0n) is 31.7. The first kappa shape index (κ1) is 41.7. The quantitative estimate of drug-likeness (QED) is 0.0843. The summed E-state index contributed by atoms with van der Waals surface area (Å²) in [6.07, 6.45) is 9.94. The van der Waals surface area contributed by atoms with Gasteiger partial charge >= 0.3 is 0 Å². The van der Waals surface area contributed by atoms with Crippen LogP contribution in [-0.2, 0) is 54.9 Å². The van der Waals surface area contributed by atoms with Crippen LogP contribution in [0.25, 0.3) is 22.1 Å². The average Bonchev–Trinajstić information content (AvgIpc) is 3.73. The van der Waals surface area contributed by atoms with Crippen LogP contribution < -0.4 is 20.7 Å². The Balaban J connectivity index is 0.000000203. The number of rotatable bonds is 13. The molecule has 2 unspecified atom stereocenters. The standard InChI is InChI=1S/C22H26FN5O4S.C15H19ClN4O3S/c1-32-18-7-5-14(23)11-17(18)28-21-19-15-10-13(22(29)24-8-3-9-33(2,30)31)4-6-16(15)27-20(19)25-12-26-21;1-24(22,23)6-2-5-17-15(21)9-3-4-11-10(7-9)12-13(16)18-8-19-14(12)20-11/h5,7,11-13H,3-4,6,8-10H2,1-2H3,(H,24,29)(H2,25,26,27,28);8-9H,2-7H2,1H3,(H,17,21)(H,18,19,20). The molecule has 306 valence electrons. The number of carbonyl (C=O) groups excluding carboxylic acids is 2. The maximum absolute atomic E-state index is 13.8. The van der Waals surface area contributed by atoms with Crippen LogP contribution in [0, 0.1) is 17.7 Å². The minimum Gasteiger partial charge on any atom is -0.495 e. The van der Waals surface area contributed by atoms with Gasteiger partial charge in [0.1, 0.15) is 66.2 Å². The Morgan fingerprint density at radius 3 is 1.89 bits per heavy atom. The first-order valence-corrected chi connectivity index (χ1v) is 23.0. The van der Waals surface area contributed by atoms with Crippen molar-refractivity contribution < 1.29 is 35.6 Å². The summed E-state index contributed by atoms with van der Waals surface area (Å²) in [5.74, 6) is 0.148. The van der Waals surface area contributed by atoms with Crippen LogP contribution in [0.15, 0.2) is 30.9 Å². The highest BCUT2D eigenvalue weighted by molar-refractivity contribution is 7.90. The van der Waals surface area contributed by atoms with E-state index in [1.165, 1.54) is 50.5 Å². The summed E-state index contributed by atoms with van der Waals surface area (Å²) in [7, 11) is -4.54. The highest BCUT2D eigenvalue weighted by atomic mass is 35.5. The molecule has 0 bridgehead atoms. The molecule has 0 fully saturated rings. The SMILES string of the molecule is COc1ccc(F)cc1Nc1ncnc2[nH]c3c(c12)CC(C(=O)NCCCS(C)(=O)=O)CC3.CS(=O)(=O)CCCNC(=O)C1CCc2[nH]c3ncnc(Cl)c3c2C1. The molecule has 0 aliphatic heterocycles. The molecule has 4 aromatic heterocycles. The molecule has 0 spiro atoms. The number of aryl methyl sites for hydroxylation is 2. The fourth-order valence-corrected chi connectivity index (χ4v) is 8.86. The maximum Gasteiger partial charge on any atom is 0.223 e. The van der Waals surface area contributed by atoms with Crippen molar-refractivity contribution in [2.24, 2.45) is 11.8 Å². The average molecular weight is 846 g/mol. The van der Waals surface area contributed by atoms with E-state index in [0.717, 1.165) is 46.1 Å². The van der Waals surface area contributed by atoms with Gasteiger partial charge in [-0.2, -0.15) is 0 Å². The minimum atomic E-state index is -3.05. The van der Waals surface area contributed by atoms with Crippen molar-refractivity contribution in [3.63, 3.8) is 0 Å². The third-order valence-electron chi connectivity index (χ3n) is 10.0. The smallest absolute Gasteiger partial charge is 0.223 e. The van der Waals surface area contributed by atoms with Gasteiger partial charge in [0, 0.05) is 54.9 Å². The highest BCUT2D eigenvalue weighted by Gasteiger charge is 2.30. The minimum absolute atomic E-state index is 0.0421. The van der Waals surface area contributed by atoms with Gasteiger partial charge in [-0.15, -0.1) is 0 Å². The molecule has 57 heavy (non-hydrogen) atoms. The van der Waals surface area contributed by atoms with Crippen molar-refractivity contribution >= 4 is 76.7 Å². The molecular weight excluding hydrogens is 801 g/mol. The first-order chi connectivity index (χ1) is 27.1. The lowest BCUT2D eigenvalue weighted by Crippen LogP contribution is -2.35. The predicted octanol–water partition coefficient (Wildman–Crippen LogP) is 3.77. The van der Waals surface area contributed by atoms with Gasteiger partial charge in [0.15, 0.2) is 0 Å². The number of sulfone groups is 2. The number of nitrogens with one attached hydrogen (secondary N) is 5. The molecule has 2 aliphatic rings. The molecule has 4 heterocycles. The highest BCUT2D eigenvalue weighted by Crippen LogP contribution is 2.37. The van der Waals surface area contributed by atoms with Gasteiger partial charge in [0.25, 0.3) is 0 Å². The third-order valence-corrected chi connectivity index (χ3v) is 12.4. The molecule has 16 nitrogen and oxygen atoms in total. The van der Waals surface area contributed by atoms with E-state index in [9.17, 15) is 30.8 Å². The number of H-pyrrole nitrogens is 2. The van der Waals surface area contributed by atoms with Crippen LogP contribution in [0.1, 0.15) is 48.2 Å². The molecule has 1 aromatic carbocycles. The van der Waals surface area contributed by atoms with Crippen molar-refractivity contribution in [1.29, 1.82) is 0 Å². The van der Waals surface area contributed by atoms with E-state index in [0.29, 0.717) is 85.3 Å². The largest absolute Gasteiger partial charge is 0.495 e. The van der Waals surface area contributed by atoms with Gasteiger partial charge < -0.3 is 30.7 Å². The van der Waals surface area contributed by atoms with E-state index in [4.69, 9.17) is 16.3 Å². The second-order valence-corrected chi connectivity index (χ2v) is 19.3. The number of benzene rings is 1. The molecule has 2 aliphatic carbocycles. The second kappa shape index (κ2) is 17.7. The number of halogens is 2. The number of methoxy groups -OCH3 is 1. The number of hydrogen-bond acceptors (Lipinski definition) is 12. The molecule has 20 heteroatoms. The fourth-order valence-electron chi connectivity index (χ4n) is 7.27. The first-order valence-electron chi connectivity index (χ1n) is 18.5. The molecule has 2 atom stereocenters. The molecule has 0 saturated carbocycles. The number of ether oxygens (including phenoxy) is 1. The van der Waals surface area contributed by atoms with Gasteiger partial charge in [-0.05, 0) is 74.6 Å². The Kier molecular flexibility index (Phi) is 13.0. The van der Waals surface area contributed by atoms with Crippen molar-refractivity contribution in [2.75, 3.05) is 49.5 Å². The Morgan fingerprint density at radius 2 is 1.35 bits per heavy atom. The number of anilines is 2. The van der Waals surface area contributed by atoms with Crippen LogP contribution in [0.3, 0.4) is 0 Å². The van der Waals surface area contributed by atoms with E-state index in [1.807, 2.05) is 0 Å². The number of fused-ring (bicyclic) bond motifs is 6. The maximum atomic E-state index is 13.8. The predicted molar refractivity (Wildman–Crippen MR) is 215 cm³/mol. The van der Waals surface area contributed by atoms with Gasteiger partial charge in [0.2, 0.25) is 11.8 Å². The number of nitrogens with zero attached hydrogens (tertiary/aromatic N) is 4. The molecular formula is C37H45ClFN9O7S2. The van der Waals surface area contributed by atoms with Crippen LogP contribution in [0.4, 0.5) is 15.9 Å². The summed E-state index contributed by atoms with van der Waals surface area (Å²) in [6, 6.07) is 4.18. The Morgan fingerprint density at radius 1 is 0.825 bits per heavy atom. The van der Waals surface area contributed by atoms with Crippen LogP contribution in [0.5, 0.6) is 5.75 Å². The summed E-state index contributed by atoms with van der Waals surface area (Å²) in [5, 5.41) is 10.8. The molecule has 5 N–H and O–H groups in total. The molecule has 2 amide bonds. The van der Waals surface area contributed by atoms with Crippen LogP contribution >= 0.6 is 11.6 Å². The summed E-state index contributed by atoms with van der Waals surface area (Å²) in [6.45, 7) is 0.686. The second-order valence-electron chi connectivity index (χ2n) is 14.4. The molecule has 0 saturated heterocycles. The number of amides is 2. The van der Waals surface area contributed by atoms with E-state index in [-0.39, 0.29) is 35.2 Å². The van der Waals surface area contributed by atoms with Gasteiger partial charge in [-0.1, -0.05) is 11.6 Å². The Hall–Kier alpha value is -4.88. The lowest BCUT2D eigenvalue weighted by molar-refractivity contribution is -0.126. The summed E-state index contributed by atoms with van der Waals surface area (Å²) >= 11 is 6.18. The van der Waals surface area contributed by atoms with Gasteiger partial charge in [0.05, 0.1) is 35.1 Å². The van der Waals surface area contributed by atoms with Gasteiger partial charge in [-0.3, -0.25) is 9.59 Å². The lowest BCUT2D eigenvalue weighted by Gasteiger charge is -2.22. The number of aromatic amines is 2. The molecule has 0 radical (unpaired) electrons. The Bertz CT molecular complexity index is 2510. The van der Waals surface area contributed by atoms with Crippen molar-refractivity contribution in [3.8, 4) is 5.75 Å². The fraction of sp³-hybridized carbons (Fsp3) is 0.459. The molecule has 7 rings (SSSR count). The van der Waals surface area contributed by atoms with E-state index < -0.39 is 25.5 Å². The molecule has 5 aromatic rings. The van der Waals surface area contributed by atoms with Gasteiger partial charge in [-0.25, -0.2) is 41.2 Å².